The van der Waals surface area contributed by atoms with Crippen LogP contribution in [0.5, 0.6) is 0 Å². The van der Waals surface area contributed by atoms with E-state index in [1.54, 1.807) is 6.20 Å². The first kappa shape index (κ1) is 22.8. The van der Waals surface area contributed by atoms with Crippen LogP contribution in [-0.4, -0.2) is 62.0 Å². The Morgan fingerprint density at radius 3 is 2.51 bits per heavy atom. The summed E-state index contributed by atoms with van der Waals surface area (Å²) in [5, 5.41) is 0.709. The zero-order valence-corrected chi connectivity index (χ0v) is 20.7. The Morgan fingerprint density at radius 2 is 1.77 bits per heavy atom. The molecular formula is C27H32ClN5O2. The fourth-order valence-electron chi connectivity index (χ4n) is 6.17. The molecule has 3 aromatic rings. The van der Waals surface area contributed by atoms with E-state index in [2.05, 4.69) is 14.3 Å². The molecule has 3 aliphatic rings. The molecule has 2 aromatic heterocycles. The van der Waals surface area contributed by atoms with Crippen LogP contribution in [0, 0.1) is 5.92 Å². The number of benzene rings is 1. The number of ether oxygens (including phenoxy) is 1. The van der Waals surface area contributed by atoms with E-state index in [1.807, 2.05) is 41.4 Å². The summed E-state index contributed by atoms with van der Waals surface area (Å²) in [6.45, 7) is 3.03. The molecular weight excluding hydrogens is 462 g/mol. The van der Waals surface area contributed by atoms with Gasteiger partial charge in [0, 0.05) is 54.7 Å². The molecule has 8 heteroatoms. The topological polar surface area (TPSA) is 63.0 Å². The van der Waals surface area contributed by atoms with E-state index >= 15 is 0 Å². The lowest BCUT2D eigenvalue weighted by atomic mass is 9.90. The Bertz CT molecular complexity index is 1180. The maximum absolute atomic E-state index is 13.0. The Hall–Kier alpha value is -2.64. The van der Waals surface area contributed by atoms with Gasteiger partial charge < -0.3 is 4.74 Å². The van der Waals surface area contributed by atoms with Crippen molar-refractivity contribution >= 4 is 23.5 Å². The van der Waals surface area contributed by atoms with E-state index in [0.717, 1.165) is 49.4 Å². The fraction of sp³-hybridized carbons (Fsp3) is 0.519. The van der Waals surface area contributed by atoms with Crippen molar-refractivity contribution in [3.8, 4) is 11.3 Å². The molecule has 7 nitrogen and oxygen atoms in total. The highest BCUT2D eigenvalue weighted by Gasteiger charge is 2.43. The van der Waals surface area contributed by atoms with Crippen molar-refractivity contribution in [2.24, 2.45) is 5.92 Å². The van der Waals surface area contributed by atoms with Crippen molar-refractivity contribution in [3.05, 3.63) is 53.4 Å². The van der Waals surface area contributed by atoms with E-state index in [1.165, 1.54) is 32.1 Å². The minimum Gasteiger partial charge on any atom is -0.449 e. The summed E-state index contributed by atoms with van der Waals surface area (Å²) in [4.78, 5) is 26.8. The number of fused-ring (bicyclic) bond motifs is 3. The summed E-state index contributed by atoms with van der Waals surface area (Å²) in [6.07, 6.45) is 12.0. The summed E-state index contributed by atoms with van der Waals surface area (Å²) in [5.41, 5.74) is 3.08. The Labute approximate surface area is 211 Å². The summed E-state index contributed by atoms with van der Waals surface area (Å²) < 4.78 is 7.90. The van der Waals surface area contributed by atoms with Crippen molar-refractivity contribution in [2.45, 2.75) is 63.6 Å². The molecule has 1 aromatic carbocycles. The van der Waals surface area contributed by atoms with Crippen LogP contribution in [0.4, 0.5) is 4.79 Å². The zero-order valence-electron chi connectivity index (χ0n) is 20.0. The molecule has 2 atom stereocenters. The number of imidazole rings is 1. The highest BCUT2D eigenvalue weighted by Crippen LogP contribution is 2.34. The average Bonchev–Trinajstić information content (AvgIpc) is 3.38. The first-order chi connectivity index (χ1) is 17.2. The lowest BCUT2D eigenvalue weighted by molar-refractivity contribution is 0.0297. The Kier molecular flexibility index (Phi) is 6.37. The van der Waals surface area contributed by atoms with Crippen LogP contribution in [0.15, 0.2) is 42.7 Å². The number of aromatic nitrogens is 3. The molecule has 184 valence electrons. The molecule has 0 radical (unpaired) electrons. The number of halogens is 1. The number of carbonyl (C=O) groups excluding carboxylic acids is 1. The molecule has 2 unspecified atom stereocenters. The maximum Gasteiger partial charge on any atom is 0.410 e. The van der Waals surface area contributed by atoms with Gasteiger partial charge in [0.05, 0.1) is 18.0 Å². The molecule has 3 fully saturated rings. The predicted molar refractivity (Wildman–Crippen MR) is 135 cm³/mol. The van der Waals surface area contributed by atoms with Crippen molar-refractivity contribution in [3.63, 3.8) is 0 Å². The van der Waals surface area contributed by atoms with E-state index in [-0.39, 0.29) is 18.2 Å². The van der Waals surface area contributed by atoms with Crippen molar-refractivity contribution < 1.29 is 9.53 Å². The van der Waals surface area contributed by atoms with Gasteiger partial charge in [-0.1, -0.05) is 43.0 Å². The molecule has 1 aliphatic carbocycles. The molecule has 6 rings (SSSR count). The summed E-state index contributed by atoms with van der Waals surface area (Å²) in [7, 11) is 0. The van der Waals surface area contributed by atoms with Gasteiger partial charge in [0.15, 0.2) is 0 Å². The van der Waals surface area contributed by atoms with Crippen molar-refractivity contribution in [1.29, 1.82) is 0 Å². The van der Waals surface area contributed by atoms with Crippen molar-refractivity contribution in [2.75, 3.05) is 19.7 Å². The van der Waals surface area contributed by atoms with E-state index in [0.29, 0.717) is 23.3 Å². The second kappa shape index (κ2) is 9.78. The van der Waals surface area contributed by atoms with Crippen LogP contribution in [-0.2, 0) is 11.3 Å². The summed E-state index contributed by atoms with van der Waals surface area (Å²) in [6, 6.07) is 10.2. The normalized spacial score (nSPS) is 23.2. The SMILES string of the molecule is O=C(OCC1CCCCC1)N1C2CCC1CN(Cc1c(-c3ccc(Cl)cc3)nc3ncccn13)C2. The number of hydrogen-bond donors (Lipinski definition) is 0. The lowest BCUT2D eigenvalue weighted by Crippen LogP contribution is -2.55. The van der Waals surface area contributed by atoms with Gasteiger partial charge >= 0.3 is 6.09 Å². The third kappa shape index (κ3) is 4.64. The first-order valence-electron chi connectivity index (χ1n) is 12.9. The molecule has 2 saturated heterocycles. The minimum atomic E-state index is -0.108. The molecule has 2 bridgehead atoms. The van der Waals surface area contributed by atoms with Crippen LogP contribution < -0.4 is 0 Å². The predicted octanol–water partition coefficient (Wildman–Crippen LogP) is 5.42. The molecule has 1 saturated carbocycles. The Morgan fingerprint density at radius 1 is 1.03 bits per heavy atom. The third-order valence-electron chi connectivity index (χ3n) is 7.93. The van der Waals surface area contributed by atoms with E-state index < -0.39 is 0 Å². The van der Waals surface area contributed by atoms with Crippen LogP contribution in [0.25, 0.3) is 17.0 Å². The minimum absolute atomic E-state index is 0.108. The van der Waals surface area contributed by atoms with Gasteiger partial charge in [-0.3, -0.25) is 14.2 Å². The Balaban J connectivity index is 1.17. The standard InChI is InChI=1S/C27H32ClN5O2/c28-21-9-7-20(8-10-21)25-24(32-14-4-13-29-26(32)30-25)17-31-15-22-11-12-23(16-31)33(22)27(34)35-18-19-5-2-1-3-6-19/h4,7-10,13-14,19,22-23H,1-3,5-6,11-12,15-18H2. The molecule has 35 heavy (non-hydrogen) atoms. The quantitative estimate of drug-likeness (QED) is 0.475. The van der Waals surface area contributed by atoms with E-state index in [4.69, 9.17) is 21.3 Å². The highest BCUT2D eigenvalue weighted by molar-refractivity contribution is 6.30. The highest BCUT2D eigenvalue weighted by atomic mass is 35.5. The zero-order chi connectivity index (χ0) is 23.8. The monoisotopic (exact) mass is 493 g/mol. The molecule has 1 amide bonds. The lowest BCUT2D eigenvalue weighted by Gasteiger charge is -2.40. The molecule has 0 N–H and O–H groups in total. The molecule has 0 spiro atoms. The van der Waals surface area contributed by atoms with Gasteiger partial charge in [-0.15, -0.1) is 0 Å². The summed E-state index contributed by atoms with van der Waals surface area (Å²) in [5.74, 6) is 1.24. The second-order valence-corrected chi connectivity index (χ2v) is 10.7. The maximum atomic E-state index is 13.0. The fourth-order valence-corrected chi connectivity index (χ4v) is 6.30. The van der Waals surface area contributed by atoms with Crippen LogP contribution in [0.3, 0.4) is 0 Å². The number of nitrogens with zero attached hydrogens (tertiary/aromatic N) is 5. The van der Waals surface area contributed by atoms with Gasteiger partial charge in [0.2, 0.25) is 5.78 Å². The van der Waals surface area contributed by atoms with Gasteiger partial charge in [-0.05, 0) is 49.8 Å². The van der Waals surface area contributed by atoms with Gasteiger partial charge in [-0.25, -0.2) is 14.8 Å². The molecule has 4 heterocycles. The number of carbonyl (C=O) groups is 1. The first-order valence-corrected chi connectivity index (χ1v) is 13.3. The van der Waals surface area contributed by atoms with Gasteiger partial charge in [0.25, 0.3) is 0 Å². The molecule has 2 aliphatic heterocycles. The van der Waals surface area contributed by atoms with Crippen LogP contribution in [0.2, 0.25) is 5.02 Å². The van der Waals surface area contributed by atoms with Gasteiger partial charge in [-0.2, -0.15) is 0 Å². The summed E-state index contributed by atoms with van der Waals surface area (Å²) >= 11 is 6.13. The van der Waals surface area contributed by atoms with Crippen molar-refractivity contribution in [1.82, 2.24) is 24.2 Å². The number of piperazine rings is 1. The number of amides is 1. The van der Waals surface area contributed by atoms with Crippen LogP contribution in [0.1, 0.15) is 50.6 Å². The largest absolute Gasteiger partial charge is 0.449 e. The van der Waals surface area contributed by atoms with E-state index in [9.17, 15) is 4.79 Å². The average molecular weight is 494 g/mol. The van der Waals surface area contributed by atoms with Crippen LogP contribution >= 0.6 is 11.6 Å². The number of rotatable bonds is 5. The third-order valence-corrected chi connectivity index (χ3v) is 8.18. The smallest absolute Gasteiger partial charge is 0.410 e. The number of likely N-dealkylation sites (tertiary alicyclic amines) is 1. The number of hydrogen-bond acceptors (Lipinski definition) is 5. The van der Waals surface area contributed by atoms with Gasteiger partial charge in [0.1, 0.15) is 0 Å². The second-order valence-electron chi connectivity index (χ2n) is 10.3.